The predicted octanol–water partition coefficient (Wildman–Crippen LogP) is 5.68. The summed E-state index contributed by atoms with van der Waals surface area (Å²) < 4.78 is 12.7. The number of halogens is 1. The summed E-state index contributed by atoms with van der Waals surface area (Å²) in [7, 11) is 0. The molecule has 0 aliphatic carbocycles. The van der Waals surface area contributed by atoms with E-state index in [0.29, 0.717) is 30.0 Å². The zero-order chi connectivity index (χ0) is 33.2. The van der Waals surface area contributed by atoms with Gasteiger partial charge in [0.1, 0.15) is 17.6 Å². The summed E-state index contributed by atoms with van der Waals surface area (Å²) in [5.41, 5.74) is -0.118. The Kier molecular flexibility index (Phi) is 10.1. The van der Waals surface area contributed by atoms with Crippen molar-refractivity contribution in [2.24, 2.45) is 17.8 Å². The Bertz CT molecular complexity index is 1460. The van der Waals surface area contributed by atoms with Crippen LogP contribution in [0.25, 0.3) is 0 Å². The molecule has 246 valence electrons. The van der Waals surface area contributed by atoms with E-state index in [2.05, 4.69) is 13.2 Å². The Morgan fingerprint density at radius 1 is 1.17 bits per heavy atom. The van der Waals surface area contributed by atoms with Crippen molar-refractivity contribution >= 4 is 35.1 Å². The molecule has 0 saturated carbocycles. The first-order valence-electron chi connectivity index (χ1n) is 16.2. The molecule has 0 aromatic heterocycles. The number of hydrogen-bond donors (Lipinski definition) is 1. The van der Waals surface area contributed by atoms with Gasteiger partial charge in [0.25, 0.3) is 5.91 Å². The molecule has 3 unspecified atom stereocenters. The van der Waals surface area contributed by atoms with Crippen molar-refractivity contribution in [3.63, 3.8) is 0 Å². The van der Waals surface area contributed by atoms with E-state index in [1.54, 1.807) is 17.0 Å². The molecule has 5 rings (SSSR count). The molecule has 3 aliphatic rings. The van der Waals surface area contributed by atoms with Crippen molar-refractivity contribution in [2.75, 3.05) is 24.7 Å². The van der Waals surface area contributed by atoms with Crippen LogP contribution in [0.2, 0.25) is 5.02 Å². The SMILES string of the molecule is C=CCCCCOC(=O)[C@H]1[C@H]2C(=O)N([C@@H](CO)Cc3ccccc3)C(C(=O)N(CC=C)c3c(C)cccc3Cl)C23CC(C)[C@]1(C)O3. The molecule has 9 heteroatoms. The van der Waals surface area contributed by atoms with Crippen molar-refractivity contribution < 1.29 is 29.0 Å². The number of aliphatic hydroxyl groups excluding tert-OH is 1. The van der Waals surface area contributed by atoms with Crippen LogP contribution in [0.1, 0.15) is 50.7 Å². The number of aliphatic hydroxyl groups is 1. The molecule has 3 fully saturated rings. The van der Waals surface area contributed by atoms with E-state index in [-0.39, 0.29) is 31.6 Å². The molecule has 8 nitrogen and oxygen atoms in total. The van der Waals surface area contributed by atoms with Gasteiger partial charge in [-0.1, -0.05) is 73.1 Å². The number of likely N-dealkylation sites (tertiary alicyclic amines) is 1. The van der Waals surface area contributed by atoms with E-state index in [4.69, 9.17) is 21.1 Å². The number of fused-ring (bicyclic) bond motifs is 1. The van der Waals surface area contributed by atoms with Crippen molar-refractivity contribution in [1.29, 1.82) is 0 Å². The minimum Gasteiger partial charge on any atom is -0.465 e. The van der Waals surface area contributed by atoms with Crippen LogP contribution in [0, 0.1) is 24.7 Å². The Morgan fingerprint density at radius 3 is 2.57 bits per heavy atom. The second-order valence-electron chi connectivity index (χ2n) is 13.1. The van der Waals surface area contributed by atoms with Gasteiger partial charge in [-0.2, -0.15) is 0 Å². The van der Waals surface area contributed by atoms with Gasteiger partial charge in [-0.3, -0.25) is 14.4 Å². The highest BCUT2D eigenvalue weighted by molar-refractivity contribution is 6.34. The van der Waals surface area contributed by atoms with Crippen LogP contribution < -0.4 is 4.90 Å². The predicted molar refractivity (Wildman–Crippen MR) is 178 cm³/mol. The number of carbonyl (C=O) groups excluding carboxylic acids is 3. The normalized spacial score (nSPS) is 28.5. The summed E-state index contributed by atoms with van der Waals surface area (Å²) in [6, 6.07) is 13.1. The maximum absolute atomic E-state index is 15.1. The molecule has 3 heterocycles. The fourth-order valence-corrected chi connectivity index (χ4v) is 8.35. The van der Waals surface area contributed by atoms with Crippen molar-refractivity contribution in [2.45, 2.75) is 76.2 Å². The van der Waals surface area contributed by atoms with Crippen LogP contribution in [0.3, 0.4) is 0 Å². The van der Waals surface area contributed by atoms with Crippen LogP contribution in [-0.4, -0.2) is 70.8 Å². The average Bonchev–Trinajstić information content (AvgIpc) is 3.55. The Balaban J connectivity index is 1.61. The third-order valence-corrected chi connectivity index (χ3v) is 10.5. The number of allylic oxidation sites excluding steroid dienone is 1. The van der Waals surface area contributed by atoms with Gasteiger partial charge in [-0.05, 0) is 69.1 Å². The fraction of sp³-hybridized carbons (Fsp3) is 0.486. The van der Waals surface area contributed by atoms with Gasteiger partial charge in [-0.15, -0.1) is 13.2 Å². The quantitative estimate of drug-likeness (QED) is 0.161. The van der Waals surface area contributed by atoms with Crippen LogP contribution in [-0.2, 0) is 30.3 Å². The molecule has 2 bridgehead atoms. The second kappa shape index (κ2) is 13.7. The number of nitrogens with zero attached hydrogens (tertiary/aromatic N) is 2. The molecular weight excluding hydrogens is 604 g/mol. The molecule has 2 aromatic rings. The Labute approximate surface area is 277 Å². The summed E-state index contributed by atoms with van der Waals surface area (Å²) in [6.45, 7) is 13.3. The van der Waals surface area contributed by atoms with Crippen LogP contribution in [0.15, 0.2) is 73.8 Å². The van der Waals surface area contributed by atoms with Gasteiger partial charge in [0.15, 0.2) is 0 Å². The lowest BCUT2D eigenvalue weighted by Crippen LogP contribution is -2.59. The number of benzene rings is 2. The lowest BCUT2D eigenvalue weighted by Gasteiger charge is -2.40. The zero-order valence-corrected chi connectivity index (χ0v) is 27.7. The largest absolute Gasteiger partial charge is 0.465 e. The van der Waals surface area contributed by atoms with Crippen LogP contribution >= 0.6 is 11.6 Å². The third-order valence-electron chi connectivity index (χ3n) is 10.2. The minimum atomic E-state index is -1.31. The third kappa shape index (κ3) is 5.69. The minimum absolute atomic E-state index is 0.133. The smallest absolute Gasteiger partial charge is 0.312 e. The van der Waals surface area contributed by atoms with E-state index in [9.17, 15) is 14.7 Å². The number of unbranched alkanes of at least 4 members (excludes halogenated alkanes) is 2. The monoisotopic (exact) mass is 648 g/mol. The van der Waals surface area contributed by atoms with E-state index < -0.39 is 47.0 Å². The molecule has 1 N–H and O–H groups in total. The lowest BCUT2D eigenvalue weighted by molar-refractivity contribution is -0.162. The molecule has 3 aliphatic heterocycles. The van der Waals surface area contributed by atoms with Crippen molar-refractivity contribution in [1.82, 2.24) is 4.90 Å². The maximum atomic E-state index is 15.1. The Morgan fingerprint density at radius 2 is 1.91 bits per heavy atom. The summed E-state index contributed by atoms with van der Waals surface area (Å²) in [5.74, 6) is -3.28. The van der Waals surface area contributed by atoms with Gasteiger partial charge in [0, 0.05) is 6.54 Å². The van der Waals surface area contributed by atoms with Crippen molar-refractivity contribution in [3.05, 3.63) is 90.0 Å². The number of rotatable bonds is 14. The van der Waals surface area contributed by atoms with Gasteiger partial charge < -0.3 is 24.4 Å². The van der Waals surface area contributed by atoms with Crippen LogP contribution in [0.5, 0.6) is 0 Å². The van der Waals surface area contributed by atoms with Gasteiger partial charge in [-0.25, -0.2) is 0 Å². The number of hydrogen-bond acceptors (Lipinski definition) is 6. The van der Waals surface area contributed by atoms with E-state index >= 15 is 4.79 Å². The van der Waals surface area contributed by atoms with Gasteiger partial charge >= 0.3 is 5.97 Å². The van der Waals surface area contributed by atoms with Crippen LogP contribution in [0.4, 0.5) is 5.69 Å². The second-order valence-corrected chi connectivity index (χ2v) is 13.5. The van der Waals surface area contributed by atoms with Crippen molar-refractivity contribution in [3.8, 4) is 0 Å². The van der Waals surface area contributed by atoms with E-state index in [1.807, 2.05) is 69.3 Å². The number of ether oxygens (including phenoxy) is 2. The average molecular weight is 649 g/mol. The molecular formula is C37H45ClN2O6. The highest BCUT2D eigenvalue weighted by Gasteiger charge is 2.80. The number of amides is 2. The molecule has 1 spiro atoms. The zero-order valence-electron chi connectivity index (χ0n) is 27.0. The molecule has 7 atom stereocenters. The summed E-state index contributed by atoms with van der Waals surface area (Å²) in [6.07, 6.45) is 6.47. The summed E-state index contributed by atoms with van der Waals surface area (Å²) >= 11 is 6.70. The number of para-hydroxylation sites is 1. The molecule has 3 saturated heterocycles. The highest BCUT2D eigenvalue weighted by atomic mass is 35.5. The number of esters is 1. The standard InChI is InChI=1S/C37H45ClN2O6/c1-6-8-9-13-20-45-35(44)30-29-33(42)40(27(23-41)21-26-16-11-10-12-17-26)32(37(29)22-25(4)36(30,5)46-37)34(43)39(19-7-2)31-24(3)15-14-18-28(31)38/h6-7,10-12,14-18,25,27,29-30,32,41H,1-2,8-9,13,19-23H2,3-5H3/t25?,27-,29+,30-,32?,36+,37?/m1/s1. The topological polar surface area (TPSA) is 96.4 Å². The molecule has 46 heavy (non-hydrogen) atoms. The number of anilines is 1. The molecule has 0 radical (unpaired) electrons. The van der Waals surface area contributed by atoms with E-state index in [1.165, 1.54) is 4.90 Å². The maximum Gasteiger partial charge on any atom is 0.312 e. The summed E-state index contributed by atoms with van der Waals surface area (Å²) in [4.78, 5) is 46.9. The highest BCUT2D eigenvalue weighted by Crippen LogP contribution is 2.66. The van der Waals surface area contributed by atoms with Gasteiger partial charge in [0.2, 0.25) is 5.91 Å². The summed E-state index contributed by atoms with van der Waals surface area (Å²) in [5, 5.41) is 11.2. The molecule has 2 amide bonds. The lowest BCUT2D eigenvalue weighted by atomic mass is 9.62. The first-order chi connectivity index (χ1) is 22.0. The number of aryl methyl sites for hydroxylation is 1. The molecule has 2 aromatic carbocycles. The van der Waals surface area contributed by atoms with Gasteiger partial charge in [0.05, 0.1) is 41.5 Å². The first-order valence-corrected chi connectivity index (χ1v) is 16.6. The first kappa shape index (κ1) is 33.9. The van der Waals surface area contributed by atoms with E-state index in [0.717, 1.165) is 24.0 Å². The Hall–Kier alpha value is -3.46. The number of carbonyl (C=O) groups is 3. The fourth-order valence-electron chi connectivity index (χ4n) is 8.03.